The normalized spacial score (nSPS) is 13.0. The molecule has 1 unspecified atom stereocenters. The number of aromatic nitrogens is 1. The molecule has 4 nitrogen and oxygen atoms in total. The lowest BCUT2D eigenvalue weighted by Crippen LogP contribution is -2.34. The summed E-state index contributed by atoms with van der Waals surface area (Å²) in [6.07, 6.45) is 3.72. The van der Waals surface area contributed by atoms with Crippen molar-refractivity contribution in [2.75, 3.05) is 32.8 Å². The monoisotopic (exact) mass is 287 g/mol. The second-order valence-electron chi connectivity index (χ2n) is 5.17. The van der Waals surface area contributed by atoms with Gasteiger partial charge in [0, 0.05) is 30.9 Å². The van der Waals surface area contributed by atoms with Crippen molar-refractivity contribution in [1.29, 1.82) is 0 Å². The average Bonchev–Trinajstić information content (AvgIpc) is 2.55. The Morgan fingerprint density at radius 1 is 1.19 bits per heavy atom. The number of benzene rings is 1. The van der Waals surface area contributed by atoms with Gasteiger partial charge in [-0.1, -0.05) is 38.1 Å². The van der Waals surface area contributed by atoms with Crippen LogP contribution in [-0.2, 0) is 0 Å². The summed E-state index contributed by atoms with van der Waals surface area (Å²) in [5.74, 6) is 0. The maximum absolute atomic E-state index is 9.71. The van der Waals surface area contributed by atoms with E-state index in [1.165, 1.54) is 0 Å². The van der Waals surface area contributed by atoms with Crippen LogP contribution in [0, 0.1) is 0 Å². The van der Waals surface area contributed by atoms with Gasteiger partial charge in [-0.3, -0.25) is 4.98 Å². The second-order valence-corrected chi connectivity index (χ2v) is 5.17. The first-order valence-corrected chi connectivity index (χ1v) is 7.69. The number of hydrogen-bond donors (Lipinski definition) is 2. The summed E-state index contributed by atoms with van der Waals surface area (Å²) < 4.78 is 0. The molecule has 0 amide bonds. The van der Waals surface area contributed by atoms with Crippen LogP contribution in [-0.4, -0.2) is 47.8 Å². The number of aliphatic hydroxyl groups excluding tert-OH is 1. The highest BCUT2D eigenvalue weighted by molar-refractivity contribution is 5.85. The number of nitrogens with zero attached hydrogens (tertiary/aromatic N) is 2. The van der Waals surface area contributed by atoms with Crippen LogP contribution >= 0.6 is 0 Å². The van der Waals surface area contributed by atoms with Gasteiger partial charge in [0.1, 0.15) is 0 Å². The zero-order chi connectivity index (χ0) is 15.1. The van der Waals surface area contributed by atoms with Crippen LogP contribution < -0.4 is 5.32 Å². The summed E-state index contributed by atoms with van der Waals surface area (Å²) in [6, 6.07) is 8.10. The summed E-state index contributed by atoms with van der Waals surface area (Å²) in [4.78, 5) is 6.66. The molecule has 1 aromatic heterocycles. The minimum Gasteiger partial charge on any atom is -0.394 e. The van der Waals surface area contributed by atoms with Crippen LogP contribution in [0.15, 0.2) is 36.7 Å². The van der Waals surface area contributed by atoms with E-state index < -0.39 is 0 Å². The third kappa shape index (κ3) is 4.00. The van der Waals surface area contributed by atoms with E-state index in [4.69, 9.17) is 0 Å². The van der Waals surface area contributed by atoms with Crippen molar-refractivity contribution >= 4 is 10.8 Å². The van der Waals surface area contributed by atoms with E-state index in [9.17, 15) is 5.11 Å². The third-order valence-corrected chi connectivity index (χ3v) is 3.97. The van der Waals surface area contributed by atoms with Gasteiger partial charge in [-0.25, -0.2) is 0 Å². The minimum absolute atomic E-state index is 0.0702. The molecule has 21 heavy (non-hydrogen) atoms. The third-order valence-electron chi connectivity index (χ3n) is 3.97. The number of nitrogens with one attached hydrogen (secondary N) is 1. The number of fused-ring (bicyclic) bond motifs is 1. The molecule has 0 fully saturated rings. The fourth-order valence-corrected chi connectivity index (χ4v) is 2.63. The van der Waals surface area contributed by atoms with E-state index in [0.29, 0.717) is 0 Å². The summed E-state index contributed by atoms with van der Waals surface area (Å²) in [7, 11) is 0. The zero-order valence-electron chi connectivity index (χ0n) is 12.9. The predicted molar refractivity (Wildman–Crippen MR) is 87.4 cm³/mol. The summed E-state index contributed by atoms with van der Waals surface area (Å²) in [6.45, 7) is 8.37. The quantitative estimate of drug-likeness (QED) is 0.781. The molecule has 0 bridgehead atoms. The maximum Gasteiger partial charge on any atom is 0.0627 e. The Hall–Kier alpha value is -1.49. The summed E-state index contributed by atoms with van der Waals surface area (Å²) >= 11 is 0. The van der Waals surface area contributed by atoms with Gasteiger partial charge in [-0.05, 0) is 24.0 Å². The molecule has 0 aliphatic carbocycles. The van der Waals surface area contributed by atoms with Crippen LogP contribution in [0.25, 0.3) is 10.8 Å². The Labute approximate surface area is 126 Å². The van der Waals surface area contributed by atoms with E-state index in [1.54, 1.807) is 0 Å². The van der Waals surface area contributed by atoms with Crippen molar-refractivity contribution in [3.05, 3.63) is 42.2 Å². The Balaban J connectivity index is 2.09. The van der Waals surface area contributed by atoms with Gasteiger partial charge in [-0.15, -0.1) is 0 Å². The number of pyridine rings is 1. The van der Waals surface area contributed by atoms with Crippen molar-refractivity contribution < 1.29 is 5.11 Å². The van der Waals surface area contributed by atoms with E-state index in [2.05, 4.69) is 41.2 Å². The number of rotatable bonds is 8. The summed E-state index contributed by atoms with van der Waals surface area (Å²) in [5, 5.41) is 15.4. The molecule has 1 atom stereocenters. The van der Waals surface area contributed by atoms with Crippen molar-refractivity contribution in [1.82, 2.24) is 15.2 Å². The van der Waals surface area contributed by atoms with Gasteiger partial charge in [0.2, 0.25) is 0 Å². The molecule has 114 valence electrons. The van der Waals surface area contributed by atoms with Crippen molar-refractivity contribution in [2.45, 2.75) is 19.9 Å². The lowest BCUT2D eigenvalue weighted by molar-refractivity contribution is 0.234. The van der Waals surface area contributed by atoms with E-state index in [-0.39, 0.29) is 12.6 Å². The van der Waals surface area contributed by atoms with Gasteiger partial charge in [-0.2, -0.15) is 0 Å². The Morgan fingerprint density at radius 2 is 1.95 bits per heavy atom. The molecule has 0 spiro atoms. The van der Waals surface area contributed by atoms with Crippen molar-refractivity contribution in [2.24, 2.45) is 0 Å². The SMILES string of the molecule is CCN(CC)CCNC(CO)c1cncc2ccccc12. The van der Waals surface area contributed by atoms with Crippen LogP contribution in [0.4, 0.5) is 0 Å². The van der Waals surface area contributed by atoms with Gasteiger partial charge >= 0.3 is 0 Å². The smallest absolute Gasteiger partial charge is 0.0627 e. The van der Waals surface area contributed by atoms with Crippen LogP contribution in [0.3, 0.4) is 0 Å². The number of hydrogen-bond acceptors (Lipinski definition) is 4. The van der Waals surface area contributed by atoms with Crippen LogP contribution in [0.5, 0.6) is 0 Å². The highest BCUT2D eigenvalue weighted by Gasteiger charge is 2.13. The summed E-state index contributed by atoms with van der Waals surface area (Å²) in [5.41, 5.74) is 1.06. The molecule has 2 rings (SSSR count). The Bertz CT molecular complexity index is 549. The van der Waals surface area contributed by atoms with Crippen molar-refractivity contribution in [3.63, 3.8) is 0 Å². The molecule has 1 aromatic carbocycles. The first-order valence-electron chi connectivity index (χ1n) is 7.69. The fourth-order valence-electron chi connectivity index (χ4n) is 2.63. The predicted octanol–water partition coefficient (Wildman–Crippen LogP) is 2.20. The standard InChI is InChI=1S/C17H25N3O/c1-3-20(4-2)10-9-19-17(13-21)16-12-18-11-14-7-5-6-8-15(14)16/h5-8,11-12,17,19,21H,3-4,9-10,13H2,1-2H3. The van der Waals surface area contributed by atoms with Gasteiger partial charge < -0.3 is 15.3 Å². The average molecular weight is 287 g/mol. The molecule has 4 heteroatoms. The van der Waals surface area contributed by atoms with E-state index in [0.717, 1.165) is 42.5 Å². The fraction of sp³-hybridized carbons (Fsp3) is 0.471. The number of aliphatic hydroxyl groups is 1. The molecule has 0 aliphatic heterocycles. The minimum atomic E-state index is -0.0702. The highest BCUT2D eigenvalue weighted by atomic mass is 16.3. The molecular weight excluding hydrogens is 262 g/mol. The molecule has 0 aliphatic rings. The topological polar surface area (TPSA) is 48.4 Å². The second kappa shape index (κ2) is 8.08. The molecule has 0 saturated carbocycles. The number of likely N-dealkylation sites (N-methyl/N-ethyl adjacent to an activating group) is 1. The molecule has 2 N–H and O–H groups in total. The van der Waals surface area contributed by atoms with Crippen LogP contribution in [0.1, 0.15) is 25.5 Å². The van der Waals surface area contributed by atoms with Gasteiger partial charge in [0.25, 0.3) is 0 Å². The van der Waals surface area contributed by atoms with E-state index >= 15 is 0 Å². The lowest BCUT2D eigenvalue weighted by Gasteiger charge is -2.22. The van der Waals surface area contributed by atoms with Crippen LogP contribution in [0.2, 0.25) is 0 Å². The molecule has 2 aromatic rings. The lowest BCUT2D eigenvalue weighted by atomic mass is 10.0. The Morgan fingerprint density at radius 3 is 2.67 bits per heavy atom. The first-order chi connectivity index (χ1) is 10.3. The van der Waals surface area contributed by atoms with Gasteiger partial charge in [0.15, 0.2) is 0 Å². The van der Waals surface area contributed by atoms with E-state index in [1.807, 2.05) is 24.5 Å². The molecule has 1 heterocycles. The molecular formula is C17H25N3O. The maximum atomic E-state index is 9.71. The zero-order valence-corrected chi connectivity index (χ0v) is 12.9. The molecule has 0 saturated heterocycles. The largest absolute Gasteiger partial charge is 0.394 e. The van der Waals surface area contributed by atoms with Crippen molar-refractivity contribution in [3.8, 4) is 0 Å². The first kappa shape index (κ1) is 15.9. The highest BCUT2D eigenvalue weighted by Crippen LogP contribution is 2.22. The molecule has 0 radical (unpaired) electrons. The van der Waals surface area contributed by atoms with Gasteiger partial charge in [0.05, 0.1) is 12.6 Å². The Kier molecular flexibility index (Phi) is 6.11.